The molecule has 0 spiro atoms. The van der Waals surface area contributed by atoms with Crippen LogP contribution in [0.3, 0.4) is 0 Å². The van der Waals surface area contributed by atoms with Crippen molar-refractivity contribution in [2.45, 2.75) is 13.8 Å². The Morgan fingerprint density at radius 2 is 2.13 bits per heavy atom. The van der Waals surface area contributed by atoms with Crippen LogP contribution in [0.5, 0.6) is 5.88 Å². The Morgan fingerprint density at radius 1 is 1.33 bits per heavy atom. The summed E-state index contributed by atoms with van der Waals surface area (Å²) in [6.07, 6.45) is 1.64. The molecule has 0 saturated carbocycles. The van der Waals surface area contributed by atoms with Gasteiger partial charge >= 0.3 is 5.97 Å². The lowest BCUT2D eigenvalue weighted by Gasteiger charge is -2.06. The number of nitrogens with zero attached hydrogens (tertiary/aromatic N) is 1. The summed E-state index contributed by atoms with van der Waals surface area (Å²) in [7, 11) is 0. The number of carbonyl (C=O) groups excluding carboxylic acids is 1. The van der Waals surface area contributed by atoms with E-state index in [1.807, 2.05) is 31.2 Å². The highest BCUT2D eigenvalue weighted by atomic mass is 16.5. The van der Waals surface area contributed by atoms with Crippen molar-refractivity contribution in [1.82, 2.24) is 4.98 Å². The van der Waals surface area contributed by atoms with Crippen LogP contribution < -0.4 is 4.74 Å². The number of ether oxygens (including phenoxy) is 1. The Labute approximate surface area is 87.7 Å². The summed E-state index contributed by atoms with van der Waals surface area (Å²) < 4.78 is 5.06. The average molecular weight is 201 g/mol. The van der Waals surface area contributed by atoms with E-state index < -0.39 is 0 Å². The average Bonchev–Trinajstić information content (AvgIpc) is 2.17. The fourth-order valence-electron chi connectivity index (χ4n) is 1.58. The van der Waals surface area contributed by atoms with Crippen molar-refractivity contribution < 1.29 is 9.53 Å². The quantitative estimate of drug-likeness (QED) is 0.665. The summed E-state index contributed by atoms with van der Waals surface area (Å²) >= 11 is 0. The molecule has 1 heterocycles. The molecule has 0 radical (unpaired) electrons. The van der Waals surface area contributed by atoms with E-state index in [1.165, 1.54) is 6.92 Å². The van der Waals surface area contributed by atoms with Crippen molar-refractivity contribution in [3.63, 3.8) is 0 Å². The highest BCUT2D eigenvalue weighted by Gasteiger charge is 2.07. The van der Waals surface area contributed by atoms with Gasteiger partial charge in [-0.25, -0.2) is 4.98 Å². The van der Waals surface area contributed by atoms with Gasteiger partial charge in [0, 0.05) is 18.5 Å². The van der Waals surface area contributed by atoms with Crippen molar-refractivity contribution in [1.29, 1.82) is 0 Å². The van der Waals surface area contributed by atoms with E-state index in [2.05, 4.69) is 4.98 Å². The molecule has 0 bridgehead atoms. The van der Waals surface area contributed by atoms with Crippen LogP contribution in [-0.2, 0) is 4.79 Å². The number of benzene rings is 1. The van der Waals surface area contributed by atoms with Crippen molar-refractivity contribution in [2.24, 2.45) is 0 Å². The van der Waals surface area contributed by atoms with Gasteiger partial charge in [0.1, 0.15) is 0 Å². The maximum Gasteiger partial charge on any atom is 0.309 e. The molecule has 2 rings (SSSR count). The van der Waals surface area contributed by atoms with E-state index in [0.29, 0.717) is 5.88 Å². The first-order valence-corrected chi connectivity index (χ1v) is 4.71. The highest BCUT2D eigenvalue weighted by molar-refractivity contribution is 5.91. The molecule has 76 valence electrons. The first-order valence-electron chi connectivity index (χ1n) is 4.71. The Morgan fingerprint density at radius 3 is 2.87 bits per heavy atom. The molecule has 0 N–H and O–H groups in total. The van der Waals surface area contributed by atoms with Gasteiger partial charge in [0.15, 0.2) is 0 Å². The van der Waals surface area contributed by atoms with Crippen molar-refractivity contribution in [3.8, 4) is 5.88 Å². The molecule has 0 saturated heterocycles. The normalized spacial score (nSPS) is 10.3. The Hall–Kier alpha value is -1.90. The molecular weight excluding hydrogens is 190 g/mol. The topological polar surface area (TPSA) is 39.2 Å². The number of fused-ring (bicyclic) bond motifs is 1. The number of esters is 1. The summed E-state index contributed by atoms with van der Waals surface area (Å²) in [6.45, 7) is 3.34. The number of rotatable bonds is 1. The van der Waals surface area contributed by atoms with Crippen molar-refractivity contribution in [2.75, 3.05) is 0 Å². The van der Waals surface area contributed by atoms with Gasteiger partial charge in [-0.05, 0) is 23.9 Å². The molecule has 3 heteroatoms. The molecule has 0 unspecified atom stereocenters. The first kappa shape index (κ1) is 9.65. The van der Waals surface area contributed by atoms with Crippen LogP contribution in [0.2, 0.25) is 0 Å². The third-order valence-corrected chi connectivity index (χ3v) is 2.21. The molecule has 0 atom stereocenters. The largest absolute Gasteiger partial charge is 0.407 e. The van der Waals surface area contributed by atoms with Gasteiger partial charge in [0.05, 0.1) is 0 Å². The lowest BCUT2D eigenvalue weighted by molar-refractivity contribution is -0.132. The smallest absolute Gasteiger partial charge is 0.309 e. The minimum absolute atomic E-state index is 0.349. The third kappa shape index (κ3) is 1.81. The Kier molecular flexibility index (Phi) is 2.37. The lowest BCUT2D eigenvalue weighted by Crippen LogP contribution is -2.03. The Balaban J connectivity index is 2.68. The van der Waals surface area contributed by atoms with Gasteiger partial charge in [0.25, 0.3) is 0 Å². The second-order valence-electron chi connectivity index (χ2n) is 3.38. The zero-order valence-electron chi connectivity index (χ0n) is 8.65. The standard InChI is InChI=1S/C12H11NO2/c1-8-4-3-5-10-6-7-13-12(11(8)10)15-9(2)14/h3-7H,1-2H3. The third-order valence-electron chi connectivity index (χ3n) is 2.21. The zero-order valence-corrected chi connectivity index (χ0v) is 8.65. The molecular formula is C12H11NO2. The van der Waals surface area contributed by atoms with Gasteiger partial charge < -0.3 is 4.74 Å². The monoisotopic (exact) mass is 201 g/mol. The minimum Gasteiger partial charge on any atom is -0.407 e. The van der Waals surface area contributed by atoms with Gasteiger partial charge in [-0.1, -0.05) is 18.2 Å². The van der Waals surface area contributed by atoms with Gasteiger partial charge in [-0.3, -0.25) is 4.79 Å². The predicted molar refractivity (Wildman–Crippen MR) is 57.8 cm³/mol. The summed E-state index contributed by atoms with van der Waals surface area (Å²) in [6, 6.07) is 7.80. The maximum absolute atomic E-state index is 10.9. The fourth-order valence-corrected chi connectivity index (χ4v) is 1.58. The molecule has 3 nitrogen and oxygen atoms in total. The van der Waals surface area contributed by atoms with Crippen LogP contribution in [0.4, 0.5) is 0 Å². The number of pyridine rings is 1. The van der Waals surface area contributed by atoms with E-state index in [1.54, 1.807) is 6.20 Å². The SMILES string of the molecule is CC(=O)Oc1nccc2cccc(C)c12. The molecule has 15 heavy (non-hydrogen) atoms. The van der Waals surface area contributed by atoms with E-state index in [9.17, 15) is 4.79 Å². The van der Waals surface area contributed by atoms with Crippen LogP contribution in [0.15, 0.2) is 30.5 Å². The number of hydrogen-bond acceptors (Lipinski definition) is 3. The second-order valence-corrected chi connectivity index (χ2v) is 3.38. The van der Waals surface area contributed by atoms with Crippen LogP contribution in [0.25, 0.3) is 10.8 Å². The van der Waals surface area contributed by atoms with Gasteiger partial charge in [0.2, 0.25) is 5.88 Å². The first-order chi connectivity index (χ1) is 7.18. The molecule has 0 aliphatic rings. The van der Waals surface area contributed by atoms with Crippen molar-refractivity contribution in [3.05, 3.63) is 36.0 Å². The zero-order chi connectivity index (χ0) is 10.8. The van der Waals surface area contributed by atoms with E-state index in [0.717, 1.165) is 16.3 Å². The lowest BCUT2D eigenvalue weighted by atomic mass is 10.1. The van der Waals surface area contributed by atoms with Crippen LogP contribution >= 0.6 is 0 Å². The summed E-state index contributed by atoms with van der Waals surface area (Å²) in [5, 5.41) is 1.93. The maximum atomic E-state index is 10.9. The fraction of sp³-hybridized carbons (Fsp3) is 0.167. The van der Waals surface area contributed by atoms with Crippen molar-refractivity contribution >= 4 is 16.7 Å². The number of aromatic nitrogens is 1. The van der Waals surface area contributed by atoms with E-state index >= 15 is 0 Å². The summed E-state index contributed by atoms with van der Waals surface area (Å²) in [5.41, 5.74) is 1.05. The molecule has 2 aromatic rings. The van der Waals surface area contributed by atoms with E-state index in [-0.39, 0.29) is 5.97 Å². The second kappa shape index (κ2) is 3.69. The number of carbonyl (C=O) groups is 1. The highest BCUT2D eigenvalue weighted by Crippen LogP contribution is 2.26. The molecule has 1 aromatic heterocycles. The van der Waals surface area contributed by atoms with Gasteiger partial charge in [-0.15, -0.1) is 0 Å². The number of hydrogen-bond donors (Lipinski definition) is 0. The van der Waals surface area contributed by atoms with Gasteiger partial charge in [-0.2, -0.15) is 0 Å². The summed E-state index contributed by atoms with van der Waals surface area (Å²) in [5.74, 6) is 0.0383. The molecule has 0 aliphatic heterocycles. The van der Waals surface area contributed by atoms with Crippen LogP contribution in [0, 0.1) is 6.92 Å². The minimum atomic E-state index is -0.349. The molecule has 1 aromatic carbocycles. The molecule has 0 fully saturated rings. The number of aryl methyl sites for hydroxylation is 1. The molecule has 0 aliphatic carbocycles. The van der Waals surface area contributed by atoms with Crippen LogP contribution in [-0.4, -0.2) is 11.0 Å². The summed E-state index contributed by atoms with van der Waals surface area (Å²) in [4.78, 5) is 15.0. The van der Waals surface area contributed by atoms with E-state index in [4.69, 9.17) is 4.74 Å². The molecule has 0 amide bonds. The van der Waals surface area contributed by atoms with Crippen LogP contribution in [0.1, 0.15) is 12.5 Å². The Bertz CT molecular complexity index is 515. The predicted octanol–water partition coefficient (Wildman–Crippen LogP) is 2.47.